The Labute approximate surface area is 182 Å². The molecular weight excluding hydrogens is 431 g/mol. The molecule has 2 heterocycles. The van der Waals surface area contributed by atoms with Crippen LogP contribution in [0, 0.1) is 22.7 Å². The standard InChI is InChI=1S/C20H15N8O3P/c21-13-15-11-19(27(23-15)17-7-3-1-4-8-17)25-30-32(29)31-26-20-12-16(14-22)24-28(20)18-9-5-2-6-10-18/h1-12,25-26,32H. The molecule has 2 aromatic heterocycles. The predicted octanol–water partition coefficient (Wildman–Crippen LogP) is 3.58. The minimum absolute atomic E-state index is 0.148. The van der Waals surface area contributed by atoms with Gasteiger partial charge in [-0.15, -0.1) is 0 Å². The summed E-state index contributed by atoms with van der Waals surface area (Å²) in [6.45, 7) is 0. The number of hydrogen-bond acceptors (Lipinski definition) is 9. The summed E-state index contributed by atoms with van der Waals surface area (Å²) >= 11 is 0. The molecule has 0 aliphatic rings. The van der Waals surface area contributed by atoms with E-state index in [4.69, 9.17) is 19.8 Å². The number of aromatic nitrogens is 4. The lowest BCUT2D eigenvalue weighted by atomic mass is 10.3. The quantitative estimate of drug-likeness (QED) is 0.307. The lowest BCUT2D eigenvalue weighted by molar-refractivity contribution is 0.293. The minimum Gasteiger partial charge on any atom is -0.259 e. The Hall–Kier alpha value is -4.41. The predicted molar refractivity (Wildman–Crippen MR) is 115 cm³/mol. The molecule has 11 nitrogen and oxygen atoms in total. The second-order valence-electron chi connectivity index (χ2n) is 6.21. The fourth-order valence-electron chi connectivity index (χ4n) is 2.76. The van der Waals surface area contributed by atoms with Crippen molar-refractivity contribution in [3.8, 4) is 23.5 Å². The molecule has 158 valence electrons. The van der Waals surface area contributed by atoms with Gasteiger partial charge >= 0.3 is 8.25 Å². The van der Waals surface area contributed by atoms with Gasteiger partial charge in [-0.2, -0.15) is 30.0 Å². The molecular formula is C20H15N8O3P. The third-order valence-electron chi connectivity index (χ3n) is 4.13. The average Bonchev–Trinajstić information content (AvgIpc) is 3.46. The molecule has 0 atom stereocenters. The van der Waals surface area contributed by atoms with Gasteiger partial charge in [-0.25, -0.2) is 20.3 Å². The topological polar surface area (TPSA) is 143 Å². The van der Waals surface area contributed by atoms with Crippen molar-refractivity contribution < 1.29 is 13.8 Å². The fourth-order valence-corrected chi connectivity index (χ4v) is 3.18. The second kappa shape index (κ2) is 9.60. The third-order valence-corrected chi connectivity index (χ3v) is 4.66. The van der Waals surface area contributed by atoms with Crippen LogP contribution < -0.4 is 11.0 Å². The van der Waals surface area contributed by atoms with Gasteiger partial charge in [-0.05, 0) is 24.3 Å². The molecule has 0 spiro atoms. The number of anilines is 2. The Balaban J connectivity index is 1.43. The van der Waals surface area contributed by atoms with Crippen molar-refractivity contribution in [2.75, 3.05) is 11.0 Å². The SMILES string of the molecule is N#Cc1cc(NO[PH](=O)ONc2cc(C#N)nn2-c2ccccc2)n(-c2ccccc2)n1. The van der Waals surface area contributed by atoms with Crippen molar-refractivity contribution in [2.24, 2.45) is 0 Å². The van der Waals surface area contributed by atoms with Gasteiger partial charge in [0, 0.05) is 12.1 Å². The minimum atomic E-state index is -3.10. The van der Waals surface area contributed by atoms with Crippen LogP contribution in [-0.4, -0.2) is 19.6 Å². The van der Waals surface area contributed by atoms with Crippen molar-refractivity contribution in [1.29, 1.82) is 10.5 Å². The molecule has 2 aromatic carbocycles. The highest BCUT2D eigenvalue weighted by Crippen LogP contribution is 2.27. The van der Waals surface area contributed by atoms with E-state index < -0.39 is 8.25 Å². The number of nitriles is 2. The summed E-state index contributed by atoms with van der Waals surface area (Å²) in [5, 5.41) is 26.6. The van der Waals surface area contributed by atoms with E-state index in [2.05, 4.69) is 21.2 Å². The normalized spacial score (nSPS) is 10.5. The van der Waals surface area contributed by atoms with E-state index in [-0.39, 0.29) is 23.0 Å². The van der Waals surface area contributed by atoms with Gasteiger partial charge in [0.15, 0.2) is 23.0 Å². The van der Waals surface area contributed by atoms with E-state index in [9.17, 15) is 4.57 Å². The van der Waals surface area contributed by atoms with Crippen molar-refractivity contribution in [3.63, 3.8) is 0 Å². The number of nitrogens with zero attached hydrogens (tertiary/aromatic N) is 6. The van der Waals surface area contributed by atoms with Crippen LogP contribution in [-0.2, 0) is 13.8 Å². The second-order valence-corrected chi connectivity index (χ2v) is 7.11. The molecule has 2 N–H and O–H groups in total. The zero-order valence-electron chi connectivity index (χ0n) is 16.3. The highest BCUT2D eigenvalue weighted by atomic mass is 31.1. The van der Waals surface area contributed by atoms with Gasteiger partial charge in [0.05, 0.1) is 11.4 Å². The van der Waals surface area contributed by atoms with Crippen LogP contribution in [0.2, 0.25) is 0 Å². The molecule has 4 rings (SSSR count). The molecule has 0 bridgehead atoms. The first kappa shape index (κ1) is 20.8. The van der Waals surface area contributed by atoms with E-state index in [0.29, 0.717) is 11.4 Å². The lowest BCUT2D eigenvalue weighted by Crippen LogP contribution is -2.07. The first-order valence-electron chi connectivity index (χ1n) is 9.19. The highest BCUT2D eigenvalue weighted by Gasteiger charge is 2.13. The molecule has 0 amide bonds. The molecule has 4 aromatic rings. The Morgan fingerprint density at radius 2 is 1.16 bits per heavy atom. The molecule has 0 saturated carbocycles. The van der Waals surface area contributed by atoms with E-state index in [1.54, 1.807) is 24.3 Å². The molecule has 0 saturated heterocycles. The zero-order chi connectivity index (χ0) is 22.3. The van der Waals surface area contributed by atoms with Crippen LogP contribution in [0.15, 0.2) is 72.8 Å². The van der Waals surface area contributed by atoms with Gasteiger partial charge in [0.2, 0.25) is 0 Å². The van der Waals surface area contributed by atoms with Gasteiger partial charge in [-0.1, -0.05) is 36.4 Å². The van der Waals surface area contributed by atoms with Crippen molar-refractivity contribution in [2.45, 2.75) is 0 Å². The van der Waals surface area contributed by atoms with Gasteiger partial charge in [-0.3, -0.25) is 4.57 Å². The Kier molecular flexibility index (Phi) is 6.25. The average molecular weight is 446 g/mol. The van der Waals surface area contributed by atoms with E-state index in [1.165, 1.54) is 21.5 Å². The summed E-state index contributed by atoms with van der Waals surface area (Å²) in [7, 11) is -3.10. The first-order chi connectivity index (χ1) is 15.7. The monoisotopic (exact) mass is 446 g/mol. The van der Waals surface area contributed by atoms with E-state index in [1.807, 2.05) is 48.5 Å². The summed E-state index contributed by atoms with van der Waals surface area (Å²) in [4.78, 5) is 0. The molecule has 0 aliphatic heterocycles. The van der Waals surface area contributed by atoms with Crippen LogP contribution in [0.3, 0.4) is 0 Å². The summed E-state index contributed by atoms with van der Waals surface area (Å²) in [5.74, 6) is 0.576. The summed E-state index contributed by atoms with van der Waals surface area (Å²) < 4.78 is 25.3. The molecule has 0 fully saturated rings. The van der Waals surface area contributed by atoms with Crippen molar-refractivity contribution in [1.82, 2.24) is 19.6 Å². The Morgan fingerprint density at radius 1 is 0.750 bits per heavy atom. The fraction of sp³-hybridized carbons (Fsp3) is 0. The van der Waals surface area contributed by atoms with Gasteiger partial charge in [0.1, 0.15) is 12.1 Å². The van der Waals surface area contributed by atoms with E-state index in [0.717, 1.165) is 0 Å². The van der Waals surface area contributed by atoms with Crippen LogP contribution in [0.4, 0.5) is 11.6 Å². The number of nitrogens with one attached hydrogen (secondary N) is 2. The summed E-state index contributed by atoms with van der Waals surface area (Å²) in [6, 6.07) is 24.9. The van der Waals surface area contributed by atoms with Crippen molar-refractivity contribution in [3.05, 3.63) is 84.2 Å². The number of para-hydroxylation sites is 2. The van der Waals surface area contributed by atoms with Crippen LogP contribution >= 0.6 is 8.25 Å². The smallest absolute Gasteiger partial charge is 0.259 e. The molecule has 12 heteroatoms. The molecule has 32 heavy (non-hydrogen) atoms. The molecule has 0 radical (unpaired) electrons. The summed E-state index contributed by atoms with van der Waals surface area (Å²) in [5.41, 5.74) is 6.66. The third kappa shape index (κ3) is 4.67. The number of hydrogen-bond donors (Lipinski definition) is 2. The largest absolute Gasteiger partial charge is 0.361 e. The van der Waals surface area contributed by atoms with Gasteiger partial charge < -0.3 is 0 Å². The zero-order valence-corrected chi connectivity index (χ0v) is 17.3. The maximum Gasteiger partial charge on any atom is 0.361 e. The Morgan fingerprint density at radius 3 is 1.53 bits per heavy atom. The first-order valence-corrected chi connectivity index (χ1v) is 10.4. The molecule has 0 unspecified atom stereocenters. The van der Waals surface area contributed by atoms with Crippen LogP contribution in [0.5, 0.6) is 0 Å². The van der Waals surface area contributed by atoms with Crippen LogP contribution in [0.1, 0.15) is 11.4 Å². The lowest BCUT2D eigenvalue weighted by Gasteiger charge is -2.11. The highest BCUT2D eigenvalue weighted by molar-refractivity contribution is 7.33. The van der Waals surface area contributed by atoms with Gasteiger partial charge in [0.25, 0.3) is 0 Å². The summed E-state index contributed by atoms with van der Waals surface area (Å²) in [6.07, 6.45) is 0. The van der Waals surface area contributed by atoms with E-state index >= 15 is 0 Å². The van der Waals surface area contributed by atoms with Crippen molar-refractivity contribution >= 4 is 19.9 Å². The maximum atomic E-state index is 12.3. The number of rotatable bonds is 8. The maximum absolute atomic E-state index is 12.3. The molecule has 0 aliphatic carbocycles. The Bertz CT molecular complexity index is 1220. The number of benzene rings is 2. The van der Waals surface area contributed by atoms with Crippen LogP contribution in [0.25, 0.3) is 11.4 Å².